The predicted molar refractivity (Wildman–Crippen MR) is 254 cm³/mol. The third-order valence-corrected chi connectivity index (χ3v) is 11.6. The summed E-state index contributed by atoms with van der Waals surface area (Å²) >= 11 is 0. The number of aliphatic carboxylic acids is 1. The zero-order valence-electron chi connectivity index (χ0n) is 37.2. The molecule has 7 atom stereocenters. The Hall–Kier alpha value is -7.34. The van der Waals surface area contributed by atoms with Crippen LogP contribution in [-0.2, 0) is 54.5 Å². The number of rotatable bonds is 24. The van der Waals surface area contributed by atoms with Gasteiger partial charge in [0.15, 0.2) is 0 Å². The molecule has 0 radical (unpaired) electrons. The summed E-state index contributed by atoms with van der Waals surface area (Å²) in [6.45, 7) is 1.56. The highest BCUT2D eigenvalue weighted by molar-refractivity contribution is 5.97. The number of hydrogen-bond donors (Lipinski definition) is 11. The fraction of sp³-hybridized carbons (Fsp3) is 0.320. The van der Waals surface area contributed by atoms with Gasteiger partial charge in [-0.3, -0.25) is 24.0 Å². The number of unbranched alkanes of at least 4 members (excludes halogenated alkanes) is 1. The van der Waals surface area contributed by atoms with Gasteiger partial charge in [-0.2, -0.15) is 0 Å². The van der Waals surface area contributed by atoms with Crippen LogP contribution >= 0.6 is 0 Å². The second kappa shape index (κ2) is 23.7. The first-order chi connectivity index (χ1) is 32.3. The van der Waals surface area contributed by atoms with Crippen molar-refractivity contribution in [1.82, 2.24) is 36.6 Å². The lowest BCUT2D eigenvalue weighted by Crippen LogP contribution is -2.61. The zero-order chi connectivity index (χ0) is 47.9. The molecule has 6 rings (SSSR count). The summed E-state index contributed by atoms with van der Waals surface area (Å²) in [6, 6.07) is 25.0. The van der Waals surface area contributed by atoms with Crippen LogP contribution in [0.3, 0.4) is 0 Å². The summed E-state index contributed by atoms with van der Waals surface area (Å²) in [5.41, 5.74) is 16.7. The molecule has 67 heavy (non-hydrogen) atoms. The van der Waals surface area contributed by atoms with E-state index in [1.54, 1.807) is 42.7 Å². The van der Waals surface area contributed by atoms with Crippen molar-refractivity contribution < 1.29 is 39.0 Å². The van der Waals surface area contributed by atoms with E-state index in [1.807, 2.05) is 78.9 Å². The van der Waals surface area contributed by atoms with Gasteiger partial charge in [-0.15, -0.1) is 0 Å². The minimum Gasteiger partial charge on any atom is -0.480 e. The van der Waals surface area contributed by atoms with Crippen LogP contribution in [0.15, 0.2) is 122 Å². The second-order valence-electron chi connectivity index (χ2n) is 16.7. The van der Waals surface area contributed by atoms with Gasteiger partial charge in [-0.1, -0.05) is 97.1 Å². The summed E-state index contributed by atoms with van der Waals surface area (Å²) in [5, 5.41) is 35.7. The smallest absolute Gasteiger partial charge is 0.326 e. The van der Waals surface area contributed by atoms with E-state index in [4.69, 9.17) is 11.5 Å². The van der Waals surface area contributed by atoms with Gasteiger partial charge >= 0.3 is 5.97 Å². The van der Waals surface area contributed by atoms with Gasteiger partial charge in [0.25, 0.3) is 0 Å². The first-order valence-corrected chi connectivity index (χ1v) is 22.4. The maximum Gasteiger partial charge on any atom is 0.326 e. The molecule has 0 saturated heterocycles. The van der Waals surface area contributed by atoms with Gasteiger partial charge in [-0.25, -0.2) is 4.79 Å². The van der Waals surface area contributed by atoms with Gasteiger partial charge in [0.05, 0.1) is 12.1 Å². The summed E-state index contributed by atoms with van der Waals surface area (Å²) in [4.78, 5) is 89.3. The van der Waals surface area contributed by atoms with Crippen molar-refractivity contribution in [3.63, 3.8) is 0 Å². The number of carbonyl (C=O) groups is 6. The first-order valence-electron chi connectivity index (χ1n) is 22.4. The van der Waals surface area contributed by atoms with E-state index in [0.717, 1.165) is 32.9 Å². The van der Waals surface area contributed by atoms with Crippen molar-refractivity contribution in [3.8, 4) is 0 Å². The molecule has 0 aliphatic rings. The number of aromatic nitrogens is 2. The highest BCUT2D eigenvalue weighted by atomic mass is 16.4. The zero-order valence-corrected chi connectivity index (χ0v) is 37.2. The summed E-state index contributed by atoms with van der Waals surface area (Å²) in [6.07, 6.45) is 3.05. The van der Waals surface area contributed by atoms with E-state index in [2.05, 4.69) is 36.6 Å². The van der Waals surface area contributed by atoms with Gasteiger partial charge in [0.1, 0.15) is 30.2 Å². The lowest BCUT2D eigenvalue weighted by Gasteiger charge is -2.28. The third-order valence-electron chi connectivity index (χ3n) is 11.6. The van der Waals surface area contributed by atoms with E-state index in [9.17, 15) is 39.0 Å². The number of nitrogens with two attached hydrogens (primary N) is 2. The average molecular weight is 914 g/mol. The molecule has 0 unspecified atom stereocenters. The van der Waals surface area contributed by atoms with Crippen molar-refractivity contribution in [2.24, 2.45) is 11.5 Å². The number of H-pyrrole nitrogens is 2. The lowest BCUT2D eigenvalue weighted by molar-refractivity contribution is -0.143. The maximum atomic E-state index is 14.6. The van der Waals surface area contributed by atoms with E-state index in [1.165, 1.54) is 6.92 Å². The molecule has 0 saturated carbocycles. The minimum absolute atomic E-state index is 0.0298. The van der Waals surface area contributed by atoms with Crippen molar-refractivity contribution in [2.75, 3.05) is 6.54 Å². The maximum absolute atomic E-state index is 14.6. The Bertz CT molecular complexity index is 2620. The molecule has 5 amide bonds. The topological polar surface area (TPSA) is 287 Å². The summed E-state index contributed by atoms with van der Waals surface area (Å²) < 4.78 is 0. The first kappa shape index (κ1) is 49.1. The number of nitrogens with one attached hydrogen (secondary N) is 7. The van der Waals surface area contributed by atoms with Crippen LogP contribution in [-0.4, -0.2) is 105 Å². The molecule has 0 spiro atoms. The van der Waals surface area contributed by atoms with Gasteiger partial charge in [-0.05, 0) is 73.5 Å². The molecular weight excluding hydrogens is 855 g/mol. The fourth-order valence-electron chi connectivity index (χ4n) is 7.98. The Morgan fingerprint density at radius 1 is 0.537 bits per heavy atom. The van der Waals surface area contributed by atoms with Crippen molar-refractivity contribution >= 4 is 57.3 Å². The van der Waals surface area contributed by atoms with Crippen molar-refractivity contribution in [3.05, 3.63) is 144 Å². The molecular formula is C50H59N9O8. The highest BCUT2D eigenvalue weighted by Gasteiger charge is 2.35. The SMILES string of the molecule is C[C@@H](O)[C@H](NC(=O)[C@H](CCCCN)NC(=O)[C@@H](Cc1c[nH]c2ccccc12)NC(=O)[C@H](Cc1c[nH]c2ccccc12)NC(=O)[C@@H](N)Cc1ccccc1)C(=O)N[C@@H](Cc1ccccc1)C(=O)O. The van der Waals surface area contributed by atoms with Crippen LogP contribution in [0.25, 0.3) is 21.8 Å². The lowest BCUT2D eigenvalue weighted by atomic mass is 10.00. The molecule has 0 fully saturated rings. The number of carboxylic acids is 1. The second-order valence-corrected chi connectivity index (χ2v) is 16.7. The largest absolute Gasteiger partial charge is 0.480 e. The van der Waals surface area contributed by atoms with Crippen LogP contribution in [0.1, 0.15) is 48.4 Å². The number of amides is 5. The van der Waals surface area contributed by atoms with Crippen LogP contribution < -0.4 is 38.1 Å². The van der Waals surface area contributed by atoms with Crippen molar-refractivity contribution in [2.45, 2.75) is 94.2 Å². The van der Waals surface area contributed by atoms with E-state index < -0.39 is 77.9 Å². The Morgan fingerprint density at radius 3 is 1.49 bits per heavy atom. The molecule has 0 aliphatic carbocycles. The fourth-order valence-corrected chi connectivity index (χ4v) is 7.98. The molecule has 6 aromatic rings. The standard InChI is InChI=1S/C50H59N9O8/c1-30(60)44(49(65)58-43(50(66)67)25-32-16-6-3-7-17-32)59-46(62)40(22-12-13-23-51)55-47(63)42(27-34-29-54-39-21-11-9-19-36(34)39)57-48(64)41(26-33-28-53-38-20-10-8-18-35(33)38)56-45(61)37(52)24-31-14-4-2-5-15-31/h2-11,14-21,28-30,37,40-44,53-54,60H,12-13,22-27,51-52H2,1H3,(H,55,63)(H,56,61)(H,57,64)(H,58,65)(H,59,62)(H,66,67)/t30-,37+,40+,41+,42-,43+,44+/m1/s1. The molecule has 13 N–H and O–H groups in total. The molecule has 0 aliphatic heterocycles. The monoisotopic (exact) mass is 913 g/mol. The van der Waals surface area contributed by atoms with E-state index >= 15 is 0 Å². The third kappa shape index (κ3) is 13.6. The van der Waals surface area contributed by atoms with Gasteiger partial charge < -0.3 is 58.2 Å². The molecule has 17 heteroatoms. The number of carbonyl (C=O) groups excluding carboxylic acids is 5. The Kier molecular flexibility index (Phi) is 17.4. The number of aliphatic hydroxyl groups is 1. The van der Waals surface area contributed by atoms with Crippen molar-refractivity contribution in [1.29, 1.82) is 0 Å². The number of para-hydroxylation sites is 2. The molecule has 0 bridgehead atoms. The van der Waals surface area contributed by atoms with Crippen LogP contribution in [0.5, 0.6) is 0 Å². The molecule has 2 aromatic heterocycles. The number of aromatic amines is 2. The Balaban J connectivity index is 1.26. The number of fused-ring (bicyclic) bond motifs is 2. The van der Waals surface area contributed by atoms with Gasteiger partial charge in [0, 0.05) is 53.5 Å². The summed E-state index contributed by atoms with van der Waals surface area (Å²) in [7, 11) is 0. The molecule has 17 nitrogen and oxygen atoms in total. The Morgan fingerprint density at radius 2 is 0.985 bits per heavy atom. The number of aliphatic hydroxyl groups excluding tert-OH is 1. The Labute approximate surface area is 387 Å². The molecule has 352 valence electrons. The van der Waals surface area contributed by atoms with Crippen LogP contribution in [0.2, 0.25) is 0 Å². The van der Waals surface area contributed by atoms with E-state index in [0.29, 0.717) is 24.0 Å². The summed E-state index contributed by atoms with van der Waals surface area (Å²) in [5.74, 6) is -5.13. The normalized spacial score (nSPS) is 14.4. The number of carboxylic acid groups (broad SMARTS) is 1. The van der Waals surface area contributed by atoms with Crippen LogP contribution in [0, 0.1) is 0 Å². The number of hydrogen-bond acceptors (Lipinski definition) is 9. The van der Waals surface area contributed by atoms with Crippen LogP contribution in [0.4, 0.5) is 0 Å². The van der Waals surface area contributed by atoms with E-state index in [-0.39, 0.29) is 38.6 Å². The minimum atomic E-state index is -1.61. The average Bonchev–Trinajstić information content (AvgIpc) is 3.93. The molecule has 4 aromatic carbocycles. The highest BCUT2D eigenvalue weighted by Crippen LogP contribution is 2.22. The predicted octanol–water partition coefficient (Wildman–Crippen LogP) is 2.27. The molecule has 2 heterocycles. The van der Waals surface area contributed by atoms with Gasteiger partial charge in [0.2, 0.25) is 29.5 Å². The number of benzene rings is 4. The quantitative estimate of drug-likeness (QED) is 0.0394.